The summed E-state index contributed by atoms with van der Waals surface area (Å²) in [5.41, 5.74) is 1.73. The van der Waals surface area contributed by atoms with Gasteiger partial charge in [-0.1, -0.05) is 11.3 Å². The van der Waals surface area contributed by atoms with Crippen molar-refractivity contribution in [3.8, 4) is 17.2 Å². The zero-order valence-electron chi connectivity index (χ0n) is 18.5. The van der Waals surface area contributed by atoms with Gasteiger partial charge in [-0.25, -0.2) is 14.4 Å². The van der Waals surface area contributed by atoms with E-state index in [2.05, 4.69) is 25.2 Å². The van der Waals surface area contributed by atoms with Crippen LogP contribution in [0.2, 0.25) is 0 Å². The van der Waals surface area contributed by atoms with Gasteiger partial charge in [-0.3, -0.25) is 4.79 Å². The second kappa shape index (κ2) is 9.30. The Kier molecular flexibility index (Phi) is 5.90. The van der Waals surface area contributed by atoms with Crippen molar-refractivity contribution in [1.82, 2.24) is 29.9 Å². The first-order valence-electron chi connectivity index (χ1n) is 10.7. The van der Waals surface area contributed by atoms with Crippen LogP contribution in [0.25, 0.3) is 16.9 Å². The molecule has 1 saturated heterocycles. The maximum absolute atomic E-state index is 13.3. The number of ether oxygens (including phenoxy) is 2. The van der Waals surface area contributed by atoms with Crippen LogP contribution >= 0.6 is 0 Å². The van der Waals surface area contributed by atoms with Crippen LogP contribution in [0, 0.1) is 5.82 Å². The van der Waals surface area contributed by atoms with Crippen LogP contribution in [-0.2, 0) is 4.79 Å². The number of carbonyl (C=O) groups is 1. The highest BCUT2D eigenvalue weighted by atomic mass is 19.1. The molecule has 11 heteroatoms. The van der Waals surface area contributed by atoms with Gasteiger partial charge in [-0.15, -0.1) is 5.10 Å². The zero-order valence-corrected chi connectivity index (χ0v) is 18.5. The summed E-state index contributed by atoms with van der Waals surface area (Å²) in [6.45, 7) is 2.17. The first-order chi connectivity index (χ1) is 16.6. The second-order valence-electron chi connectivity index (χ2n) is 7.68. The van der Waals surface area contributed by atoms with E-state index in [1.165, 1.54) is 18.5 Å². The summed E-state index contributed by atoms with van der Waals surface area (Å²) < 4.78 is 25.6. The van der Waals surface area contributed by atoms with E-state index >= 15 is 0 Å². The largest absolute Gasteiger partial charge is 0.497 e. The molecule has 34 heavy (non-hydrogen) atoms. The molecule has 1 amide bonds. The fourth-order valence-corrected chi connectivity index (χ4v) is 3.82. The minimum atomic E-state index is -0.329. The molecule has 1 aliphatic rings. The predicted molar refractivity (Wildman–Crippen MR) is 122 cm³/mol. The quantitative estimate of drug-likeness (QED) is 0.429. The number of hydrogen-bond donors (Lipinski definition) is 0. The third kappa shape index (κ3) is 4.32. The molecule has 0 spiro atoms. The third-order valence-electron chi connectivity index (χ3n) is 5.63. The lowest BCUT2D eigenvalue weighted by Crippen LogP contribution is -2.50. The zero-order chi connectivity index (χ0) is 23.5. The molecule has 1 aliphatic heterocycles. The summed E-state index contributed by atoms with van der Waals surface area (Å²) in [6, 6.07) is 13.1. The van der Waals surface area contributed by atoms with E-state index in [1.54, 1.807) is 41.0 Å². The summed E-state index contributed by atoms with van der Waals surface area (Å²) >= 11 is 0. The second-order valence-corrected chi connectivity index (χ2v) is 7.68. The van der Waals surface area contributed by atoms with E-state index in [9.17, 15) is 9.18 Å². The van der Waals surface area contributed by atoms with Crippen molar-refractivity contribution in [1.29, 1.82) is 0 Å². The van der Waals surface area contributed by atoms with E-state index in [0.29, 0.717) is 60.3 Å². The summed E-state index contributed by atoms with van der Waals surface area (Å²) in [5, 5.41) is 8.45. The number of hydrogen-bond acceptors (Lipinski definition) is 8. The molecule has 4 aromatic rings. The first-order valence-corrected chi connectivity index (χ1v) is 10.7. The van der Waals surface area contributed by atoms with Gasteiger partial charge in [0.1, 0.15) is 23.6 Å². The van der Waals surface area contributed by atoms with Gasteiger partial charge in [0.2, 0.25) is 0 Å². The van der Waals surface area contributed by atoms with E-state index in [0.717, 1.165) is 0 Å². The molecule has 2 aromatic heterocycles. The van der Waals surface area contributed by atoms with Gasteiger partial charge in [0.25, 0.3) is 5.91 Å². The third-order valence-corrected chi connectivity index (χ3v) is 5.63. The molecule has 10 nitrogen and oxygen atoms in total. The molecule has 0 atom stereocenters. The van der Waals surface area contributed by atoms with E-state index in [-0.39, 0.29) is 18.3 Å². The SMILES string of the molecule is COc1cccc(OCC(=O)N2CCN(c3ncnc4c3nnn4-c3ccc(F)cc3)CC2)c1. The number of piperazine rings is 1. The minimum absolute atomic E-state index is 0.0447. The van der Waals surface area contributed by atoms with E-state index < -0.39 is 0 Å². The van der Waals surface area contributed by atoms with Crippen molar-refractivity contribution < 1.29 is 18.7 Å². The molecule has 174 valence electrons. The Balaban J connectivity index is 1.24. The van der Waals surface area contributed by atoms with Gasteiger partial charge in [-0.2, -0.15) is 4.68 Å². The minimum Gasteiger partial charge on any atom is -0.497 e. The average molecular weight is 463 g/mol. The summed E-state index contributed by atoms with van der Waals surface area (Å²) in [7, 11) is 1.58. The monoisotopic (exact) mass is 463 g/mol. The van der Waals surface area contributed by atoms with Gasteiger partial charge in [0.15, 0.2) is 23.6 Å². The molecule has 0 aliphatic carbocycles. The standard InChI is InChI=1S/C23H22FN7O3/c1-33-18-3-2-4-19(13-18)34-14-20(32)29-9-11-30(12-10-29)22-21-23(26-15-25-22)31(28-27-21)17-7-5-16(24)6-8-17/h2-8,13,15H,9-12,14H2,1H3. The topological polar surface area (TPSA) is 98.5 Å². The molecule has 0 radical (unpaired) electrons. The lowest BCUT2D eigenvalue weighted by Gasteiger charge is -2.35. The lowest BCUT2D eigenvalue weighted by molar-refractivity contribution is -0.133. The van der Waals surface area contributed by atoms with Crippen LogP contribution in [0.15, 0.2) is 54.9 Å². The van der Waals surface area contributed by atoms with Gasteiger partial charge < -0.3 is 19.3 Å². The summed E-state index contributed by atoms with van der Waals surface area (Å²) in [4.78, 5) is 25.2. The number of methoxy groups -OCH3 is 1. The van der Waals surface area contributed by atoms with Crippen molar-refractivity contribution in [2.45, 2.75) is 0 Å². The molecular weight excluding hydrogens is 441 g/mol. The van der Waals surface area contributed by atoms with Crippen molar-refractivity contribution in [2.75, 3.05) is 44.8 Å². The van der Waals surface area contributed by atoms with Crippen LogP contribution in [0.1, 0.15) is 0 Å². The molecule has 0 unspecified atom stereocenters. The van der Waals surface area contributed by atoms with Crippen LogP contribution < -0.4 is 14.4 Å². The Morgan fingerprint density at radius 3 is 2.56 bits per heavy atom. The normalized spacial score (nSPS) is 13.8. The molecule has 5 rings (SSSR count). The Morgan fingerprint density at radius 1 is 1.03 bits per heavy atom. The molecule has 2 aromatic carbocycles. The number of aromatic nitrogens is 5. The van der Waals surface area contributed by atoms with Crippen LogP contribution in [0.5, 0.6) is 11.5 Å². The highest BCUT2D eigenvalue weighted by molar-refractivity contribution is 5.84. The smallest absolute Gasteiger partial charge is 0.260 e. The molecule has 3 heterocycles. The number of benzene rings is 2. The maximum Gasteiger partial charge on any atom is 0.260 e. The summed E-state index contributed by atoms with van der Waals surface area (Å²) in [6.07, 6.45) is 1.46. The van der Waals surface area contributed by atoms with E-state index in [1.807, 2.05) is 12.1 Å². The number of nitrogens with zero attached hydrogens (tertiary/aromatic N) is 7. The molecule has 1 fully saturated rings. The number of anilines is 1. The van der Waals surface area contributed by atoms with Crippen molar-refractivity contribution in [3.05, 3.63) is 60.7 Å². The van der Waals surface area contributed by atoms with Crippen LogP contribution in [-0.4, -0.2) is 75.7 Å². The fraction of sp³-hybridized carbons (Fsp3) is 0.261. The average Bonchev–Trinajstić information content (AvgIpc) is 3.32. The predicted octanol–water partition coefficient (Wildman–Crippen LogP) is 2.09. The van der Waals surface area contributed by atoms with Gasteiger partial charge >= 0.3 is 0 Å². The molecule has 0 saturated carbocycles. The van der Waals surface area contributed by atoms with Crippen molar-refractivity contribution >= 4 is 22.9 Å². The number of rotatable bonds is 6. The molecule has 0 bridgehead atoms. The molecular formula is C23H22FN7O3. The lowest BCUT2D eigenvalue weighted by atomic mass is 10.3. The van der Waals surface area contributed by atoms with E-state index in [4.69, 9.17) is 9.47 Å². The van der Waals surface area contributed by atoms with Crippen molar-refractivity contribution in [3.63, 3.8) is 0 Å². The van der Waals surface area contributed by atoms with Crippen LogP contribution in [0.3, 0.4) is 0 Å². The Bertz CT molecular complexity index is 1300. The van der Waals surface area contributed by atoms with Gasteiger partial charge in [0, 0.05) is 32.2 Å². The Hall–Kier alpha value is -4.28. The highest BCUT2D eigenvalue weighted by Gasteiger charge is 2.25. The van der Waals surface area contributed by atoms with Crippen LogP contribution in [0.4, 0.5) is 10.2 Å². The van der Waals surface area contributed by atoms with Gasteiger partial charge in [0.05, 0.1) is 12.8 Å². The maximum atomic E-state index is 13.3. The number of carbonyl (C=O) groups excluding carboxylic acids is 1. The van der Waals surface area contributed by atoms with Gasteiger partial charge in [-0.05, 0) is 36.4 Å². The fourth-order valence-electron chi connectivity index (χ4n) is 3.82. The number of fused-ring (bicyclic) bond motifs is 1. The van der Waals surface area contributed by atoms with Crippen molar-refractivity contribution in [2.24, 2.45) is 0 Å². The Morgan fingerprint density at radius 2 is 1.79 bits per heavy atom. The highest BCUT2D eigenvalue weighted by Crippen LogP contribution is 2.24. The summed E-state index contributed by atoms with van der Waals surface area (Å²) in [5.74, 6) is 1.49. The number of halogens is 1. The molecule has 0 N–H and O–H groups in total. The number of amides is 1. The Labute approximate surface area is 194 Å². The first kappa shape index (κ1) is 21.6.